The summed E-state index contributed by atoms with van der Waals surface area (Å²) in [5.74, 6) is 0. The highest BCUT2D eigenvalue weighted by molar-refractivity contribution is 7.26. The maximum absolute atomic E-state index is 2.45. The first-order valence-corrected chi connectivity index (χ1v) is 21.3. The summed E-state index contributed by atoms with van der Waals surface area (Å²) in [5.41, 5.74) is 6.84. The van der Waals surface area contributed by atoms with Gasteiger partial charge in [0.1, 0.15) is 0 Å². The van der Waals surface area contributed by atoms with Gasteiger partial charge in [-0.05, 0) is 94.3 Å². The molecule has 2 heterocycles. The summed E-state index contributed by atoms with van der Waals surface area (Å²) in [7, 11) is 0. The first kappa shape index (κ1) is 33.2. The number of benzene rings is 10. The zero-order valence-electron chi connectivity index (χ0n) is 31.3. The molecule has 2 nitrogen and oxygen atoms in total. The topological polar surface area (TPSA) is 6.48 Å². The van der Waals surface area contributed by atoms with E-state index in [4.69, 9.17) is 0 Å². The fraction of sp³-hybridized carbons (Fsp3) is 0. The van der Waals surface area contributed by atoms with Crippen molar-refractivity contribution < 1.29 is 0 Å². The van der Waals surface area contributed by atoms with Crippen molar-refractivity contribution >= 4 is 129 Å². The molecule has 58 heavy (non-hydrogen) atoms. The van der Waals surface area contributed by atoms with Crippen molar-refractivity contribution in [2.45, 2.75) is 0 Å². The van der Waals surface area contributed by atoms with Crippen molar-refractivity contribution in [3.05, 3.63) is 206 Å². The summed E-state index contributed by atoms with van der Waals surface area (Å²) in [6.07, 6.45) is 0. The Morgan fingerprint density at radius 1 is 0.224 bits per heavy atom. The first-order chi connectivity index (χ1) is 28.8. The molecule has 0 N–H and O–H groups in total. The summed E-state index contributed by atoms with van der Waals surface area (Å²) in [4.78, 5) is 4.88. The van der Waals surface area contributed by atoms with Gasteiger partial charge in [0, 0.05) is 73.9 Å². The Morgan fingerprint density at radius 3 is 1.22 bits per heavy atom. The number of rotatable bonds is 6. The van der Waals surface area contributed by atoms with Crippen LogP contribution in [0.1, 0.15) is 0 Å². The Morgan fingerprint density at radius 2 is 0.621 bits per heavy atom. The highest BCUT2D eigenvalue weighted by Crippen LogP contribution is 2.48. The molecule has 0 atom stereocenters. The van der Waals surface area contributed by atoms with Gasteiger partial charge in [0.2, 0.25) is 0 Å². The molecule has 0 spiro atoms. The molecule has 2 aromatic heterocycles. The third-order valence-corrected chi connectivity index (χ3v) is 13.9. The van der Waals surface area contributed by atoms with Gasteiger partial charge in [-0.1, -0.05) is 133 Å². The monoisotopic (exact) mass is 774 g/mol. The predicted octanol–water partition coefficient (Wildman–Crippen LogP) is 16.8. The van der Waals surface area contributed by atoms with Crippen molar-refractivity contribution in [3.8, 4) is 0 Å². The van der Waals surface area contributed by atoms with Gasteiger partial charge in [0.15, 0.2) is 0 Å². The fourth-order valence-electron chi connectivity index (χ4n) is 9.01. The van der Waals surface area contributed by atoms with Crippen molar-refractivity contribution in [2.24, 2.45) is 0 Å². The molecule has 0 bridgehead atoms. The Balaban J connectivity index is 1.10. The number of nitrogens with zero attached hydrogens (tertiary/aromatic N) is 2. The molecule has 0 aliphatic rings. The molecule has 0 saturated heterocycles. The maximum Gasteiger partial charge on any atom is 0.0546 e. The van der Waals surface area contributed by atoms with Crippen LogP contribution in [0.2, 0.25) is 0 Å². The van der Waals surface area contributed by atoms with Gasteiger partial charge in [0.05, 0.1) is 11.4 Å². The smallest absolute Gasteiger partial charge is 0.0546 e. The number of thiophene rings is 2. The standard InChI is InChI=1S/C54H34N2S2/c1-3-14-35(15-4-1)55(37-26-28-46-44-20-9-11-24-51(44)57-53(46)32-37)49-23-13-22-40-43(49)31-30-41-39-18-7-8-19-42(39)50(34-48(40)41)56(36-16-5-2-6-17-36)38-27-29-47-45-21-10-12-25-52(45)58-54(47)33-38/h1-34H. The minimum Gasteiger partial charge on any atom is -0.310 e. The van der Waals surface area contributed by atoms with Crippen molar-refractivity contribution in [1.29, 1.82) is 0 Å². The Hall–Kier alpha value is -6.98. The van der Waals surface area contributed by atoms with Gasteiger partial charge in [-0.15, -0.1) is 22.7 Å². The van der Waals surface area contributed by atoms with Crippen LogP contribution in [0.25, 0.3) is 72.7 Å². The maximum atomic E-state index is 2.45. The SMILES string of the molecule is c1ccc(N(c2ccc3c(c2)sc2ccccc23)c2cc3c4cccc(N(c5ccccc5)c5ccc6c(c5)sc5ccccc56)c4ccc3c3ccccc23)cc1. The van der Waals surface area contributed by atoms with Gasteiger partial charge < -0.3 is 9.80 Å². The molecule has 0 unspecified atom stereocenters. The van der Waals surface area contributed by atoms with Gasteiger partial charge in [0.25, 0.3) is 0 Å². The van der Waals surface area contributed by atoms with E-state index in [1.807, 2.05) is 22.7 Å². The van der Waals surface area contributed by atoms with Crippen LogP contribution >= 0.6 is 22.7 Å². The van der Waals surface area contributed by atoms with E-state index in [9.17, 15) is 0 Å². The van der Waals surface area contributed by atoms with E-state index in [2.05, 4.69) is 216 Å². The van der Waals surface area contributed by atoms with E-state index in [0.717, 1.165) is 34.1 Å². The number of hydrogen-bond acceptors (Lipinski definition) is 4. The number of para-hydroxylation sites is 2. The Bertz CT molecular complexity index is 3530. The van der Waals surface area contributed by atoms with Crippen LogP contribution < -0.4 is 9.80 Å². The van der Waals surface area contributed by atoms with Crippen LogP contribution in [0, 0.1) is 0 Å². The predicted molar refractivity (Wildman–Crippen MR) is 254 cm³/mol. The summed E-state index contributed by atoms with van der Waals surface area (Å²) < 4.78 is 5.20. The van der Waals surface area contributed by atoms with Crippen molar-refractivity contribution in [1.82, 2.24) is 0 Å². The molecule has 0 saturated carbocycles. The lowest BCUT2D eigenvalue weighted by Gasteiger charge is -2.29. The van der Waals surface area contributed by atoms with E-state index >= 15 is 0 Å². The van der Waals surface area contributed by atoms with Gasteiger partial charge in [-0.25, -0.2) is 0 Å². The zero-order valence-corrected chi connectivity index (χ0v) is 33.0. The van der Waals surface area contributed by atoms with Crippen LogP contribution in [0.4, 0.5) is 34.1 Å². The summed E-state index contributed by atoms with van der Waals surface area (Å²) >= 11 is 3.72. The highest BCUT2D eigenvalue weighted by atomic mass is 32.1. The second-order valence-electron chi connectivity index (χ2n) is 14.9. The van der Waals surface area contributed by atoms with E-state index < -0.39 is 0 Å². The van der Waals surface area contributed by atoms with Crippen molar-refractivity contribution in [2.75, 3.05) is 9.80 Å². The highest BCUT2D eigenvalue weighted by Gasteiger charge is 2.22. The minimum absolute atomic E-state index is 1.13. The van der Waals surface area contributed by atoms with Crippen molar-refractivity contribution in [3.63, 3.8) is 0 Å². The van der Waals surface area contributed by atoms with Gasteiger partial charge in [-0.2, -0.15) is 0 Å². The van der Waals surface area contributed by atoms with Crippen LogP contribution in [-0.2, 0) is 0 Å². The molecular weight excluding hydrogens is 741 g/mol. The van der Waals surface area contributed by atoms with Crippen LogP contribution in [0.3, 0.4) is 0 Å². The molecule has 0 amide bonds. The molecule has 272 valence electrons. The van der Waals surface area contributed by atoms with Crippen LogP contribution in [0.5, 0.6) is 0 Å². The molecule has 0 aliphatic heterocycles. The zero-order chi connectivity index (χ0) is 38.2. The number of hydrogen-bond donors (Lipinski definition) is 0. The molecule has 0 aliphatic carbocycles. The van der Waals surface area contributed by atoms with E-state index in [0.29, 0.717) is 0 Å². The molecule has 12 rings (SSSR count). The lowest BCUT2D eigenvalue weighted by Crippen LogP contribution is -2.11. The third-order valence-electron chi connectivity index (χ3n) is 11.6. The fourth-order valence-corrected chi connectivity index (χ4v) is 11.3. The van der Waals surface area contributed by atoms with Gasteiger partial charge >= 0.3 is 0 Å². The second kappa shape index (κ2) is 13.3. The summed E-state index contributed by atoms with van der Waals surface area (Å²) in [6.45, 7) is 0. The molecule has 0 fully saturated rings. The number of anilines is 6. The molecule has 10 aromatic carbocycles. The molecule has 12 aromatic rings. The summed E-state index contributed by atoms with van der Waals surface area (Å²) in [6, 6.07) is 75.8. The van der Waals surface area contributed by atoms with Gasteiger partial charge in [-0.3, -0.25) is 0 Å². The van der Waals surface area contributed by atoms with Crippen LogP contribution in [0.15, 0.2) is 206 Å². The lowest BCUT2D eigenvalue weighted by molar-refractivity contribution is 1.30. The first-order valence-electron chi connectivity index (χ1n) is 19.7. The Labute approximate surface area is 343 Å². The average Bonchev–Trinajstić information content (AvgIpc) is 3.85. The molecule has 4 heteroatoms. The third kappa shape index (κ3) is 5.23. The lowest BCUT2D eigenvalue weighted by atomic mass is 9.94. The van der Waals surface area contributed by atoms with E-state index in [1.165, 1.54) is 72.7 Å². The van der Waals surface area contributed by atoms with E-state index in [1.54, 1.807) is 0 Å². The molecule has 0 radical (unpaired) electrons. The summed E-state index contributed by atoms with van der Waals surface area (Å²) in [5, 5.41) is 12.6. The Kier molecular flexibility index (Phi) is 7.62. The van der Waals surface area contributed by atoms with E-state index in [-0.39, 0.29) is 0 Å². The second-order valence-corrected chi connectivity index (χ2v) is 17.0. The molecular formula is C54H34N2S2. The largest absolute Gasteiger partial charge is 0.310 e. The normalized spacial score (nSPS) is 11.8. The van der Waals surface area contributed by atoms with Crippen LogP contribution in [-0.4, -0.2) is 0 Å². The number of fused-ring (bicyclic) bond motifs is 11. The quantitative estimate of drug-likeness (QED) is 0.155. The minimum atomic E-state index is 1.13. The average molecular weight is 775 g/mol.